The summed E-state index contributed by atoms with van der Waals surface area (Å²) in [6, 6.07) is 3.86. The Hall–Kier alpha value is -1.10. The maximum Gasteiger partial charge on any atom is 0.157 e. The quantitative estimate of drug-likeness (QED) is 0.826. The first-order chi connectivity index (χ1) is 7.35. The average molecular weight is 245 g/mol. The van der Waals surface area contributed by atoms with Gasteiger partial charge in [-0.1, -0.05) is 6.92 Å². The molecule has 0 saturated heterocycles. The first-order valence-electron chi connectivity index (χ1n) is 5.11. The highest BCUT2D eigenvalue weighted by molar-refractivity contribution is 7.91. The Morgan fingerprint density at radius 1 is 1.38 bits per heavy atom. The van der Waals surface area contributed by atoms with Gasteiger partial charge in [0.05, 0.1) is 11.0 Å². The van der Waals surface area contributed by atoms with Gasteiger partial charge in [-0.05, 0) is 37.1 Å². The molecule has 0 spiro atoms. The second-order valence-electron chi connectivity index (χ2n) is 3.92. The maximum absolute atomic E-state index is 13.0. The van der Waals surface area contributed by atoms with Crippen molar-refractivity contribution in [2.45, 2.75) is 31.3 Å². The number of nitrogens with two attached hydrogens (primary N) is 1. The van der Waals surface area contributed by atoms with E-state index in [-0.39, 0.29) is 11.4 Å². The fraction of sp³-hybridized carbons (Fsp3) is 0.455. The predicted molar refractivity (Wildman–Crippen MR) is 63.2 cm³/mol. The van der Waals surface area contributed by atoms with Gasteiger partial charge in [-0.25, -0.2) is 12.8 Å². The number of sulfone groups is 1. The standard InChI is InChI=1S/C11H16FNO2S/c1-3-8(2)16(14,15)7-9-4-10(12)6-11(13)5-9/h4-6,8H,3,7,13H2,1-2H3. The van der Waals surface area contributed by atoms with E-state index in [1.165, 1.54) is 18.2 Å². The Morgan fingerprint density at radius 2 is 2.00 bits per heavy atom. The van der Waals surface area contributed by atoms with Crippen molar-refractivity contribution in [2.24, 2.45) is 0 Å². The van der Waals surface area contributed by atoms with Crippen LogP contribution in [0.4, 0.5) is 10.1 Å². The molecule has 0 aromatic heterocycles. The predicted octanol–water partition coefficient (Wildman–Crippen LogP) is 2.12. The minimum atomic E-state index is -3.22. The molecular weight excluding hydrogens is 229 g/mol. The minimum absolute atomic E-state index is 0.163. The van der Waals surface area contributed by atoms with Crippen LogP contribution < -0.4 is 5.73 Å². The molecule has 2 N–H and O–H groups in total. The molecule has 1 aromatic rings. The number of rotatable bonds is 4. The van der Waals surface area contributed by atoms with Crippen LogP contribution in [-0.2, 0) is 15.6 Å². The fourth-order valence-electron chi connectivity index (χ4n) is 1.39. The van der Waals surface area contributed by atoms with Crippen LogP contribution in [0.1, 0.15) is 25.8 Å². The Kier molecular flexibility index (Phi) is 3.91. The van der Waals surface area contributed by atoms with Gasteiger partial charge in [0, 0.05) is 5.69 Å². The number of benzene rings is 1. The molecule has 0 heterocycles. The molecule has 1 aromatic carbocycles. The lowest BCUT2D eigenvalue weighted by Gasteiger charge is -2.10. The highest BCUT2D eigenvalue weighted by Crippen LogP contribution is 2.17. The molecule has 0 amide bonds. The lowest BCUT2D eigenvalue weighted by atomic mass is 10.2. The van der Waals surface area contributed by atoms with Crippen LogP contribution in [0.2, 0.25) is 0 Å². The molecule has 16 heavy (non-hydrogen) atoms. The molecule has 1 atom stereocenters. The molecule has 5 heteroatoms. The SMILES string of the molecule is CCC(C)S(=O)(=O)Cc1cc(N)cc(F)c1. The van der Waals surface area contributed by atoms with Gasteiger partial charge in [0.1, 0.15) is 5.82 Å². The van der Waals surface area contributed by atoms with Crippen molar-refractivity contribution in [2.75, 3.05) is 5.73 Å². The zero-order valence-corrected chi connectivity index (χ0v) is 10.2. The molecule has 90 valence electrons. The van der Waals surface area contributed by atoms with Crippen molar-refractivity contribution in [1.29, 1.82) is 0 Å². The zero-order valence-electron chi connectivity index (χ0n) is 9.40. The first-order valence-corrected chi connectivity index (χ1v) is 6.83. The Balaban J connectivity index is 2.97. The van der Waals surface area contributed by atoms with Crippen molar-refractivity contribution < 1.29 is 12.8 Å². The Morgan fingerprint density at radius 3 is 2.50 bits per heavy atom. The van der Waals surface area contributed by atoms with Gasteiger partial charge in [0.2, 0.25) is 0 Å². The van der Waals surface area contributed by atoms with Gasteiger partial charge in [0.15, 0.2) is 9.84 Å². The largest absolute Gasteiger partial charge is 0.399 e. The van der Waals surface area contributed by atoms with Gasteiger partial charge >= 0.3 is 0 Å². The summed E-state index contributed by atoms with van der Waals surface area (Å²) in [5.74, 6) is -0.668. The number of hydrogen-bond donors (Lipinski definition) is 1. The van der Waals surface area contributed by atoms with Crippen LogP contribution >= 0.6 is 0 Å². The van der Waals surface area contributed by atoms with E-state index in [4.69, 9.17) is 5.73 Å². The van der Waals surface area contributed by atoms with E-state index in [9.17, 15) is 12.8 Å². The molecule has 3 nitrogen and oxygen atoms in total. The Labute approximate surface area is 95.4 Å². The molecule has 1 rings (SSSR count). The lowest BCUT2D eigenvalue weighted by Crippen LogP contribution is -2.18. The third-order valence-electron chi connectivity index (χ3n) is 2.54. The highest BCUT2D eigenvalue weighted by atomic mass is 32.2. The van der Waals surface area contributed by atoms with Crippen molar-refractivity contribution in [3.63, 3.8) is 0 Å². The van der Waals surface area contributed by atoms with Gasteiger partial charge in [-0.3, -0.25) is 0 Å². The van der Waals surface area contributed by atoms with Gasteiger partial charge in [-0.15, -0.1) is 0 Å². The second kappa shape index (κ2) is 4.82. The number of anilines is 1. The van der Waals surface area contributed by atoms with Gasteiger partial charge in [-0.2, -0.15) is 0 Å². The maximum atomic E-state index is 13.0. The highest BCUT2D eigenvalue weighted by Gasteiger charge is 2.19. The smallest absolute Gasteiger partial charge is 0.157 e. The summed E-state index contributed by atoms with van der Waals surface area (Å²) in [5, 5.41) is -0.419. The fourth-order valence-corrected chi connectivity index (χ4v) is 2.81. The second-order valence-corrected chi connectivity index (χ2v) is 6.34. The zero-order chi connectivity index (χ0) is 12.3. The third-order valence-corrected chi connectivity index (χ3v) is 4.83. The van der Waals surface area contributed by atoms with Crippen molar-refractivity contribution in [3.05, 3.63) is 29.6 Å². The van der Waals surface area contributed by atoms with Gasteiger partial charge < -0.3 is 5.73 Å². The summed E-state index contributed by atoms with van der Waals surface area (Å²) in [5.41, 5.74) is 6.10. The van der Waals surface area contributed by atoms with Crippen LogP contribution in [0.15, 0.2) is 18.2 Å². The van der Waals surface area contributed by atoms with E-state index in [2.05, 4.69) is 0 Å². The molecule has 0 fully saturated rings. The summed E-state index contributed by atoms with van der Waals surface area (Å²) >= 11 is 0. The number of nitrogen functional groups attached to an aromatic ring is 1. The molecule has 0 aliphatic rings. The molecule has 0 radical (unpaired) electrons. The normalized spacial score (nSPS) is 13.7. The van der Waals surface area contributed by atoms with E-state index >= 15 is 0 Å². The molecule has 0 saturated carbocycles. The first kappa shape index (κ1) is 13.0. The lowest BCUT2D eigenvalue weighted by molar-refractivity contribution is 0.579. The minimum Gasteiger partial charge on any atom is -0.399 e. The summed E-state index contributed by atoms with van der Waals surface area (Å²) in [6.45, 7) is 3.46. The molecule has 0 bridgehead atoms. The summed E-state index contributed by atoms with van der Waals surface area (Å²) < 4.78 is 36.6. The Bertz CT molecular complexity index is 451. The van der Waals surface area contributed by atoms with E-state index < -0.39 is 20.9 Å². The molecular formula is C11H16FNO2S. The van der Waals surface area contributed by atoms with Crippen molar-refractivity contribution in [3.8, 4) is 0 Å². The summed E-state index contributed by atoms with van der Waals surface area (Å²) in [4.78, 5) is 0. The van der Waals surface area contributed by atoms with Crippen LogP contribution in [0.5, 0.6) is 0 Å². The summed E-state index contributed by atoms with van der Waals surface area (Å²) in [6.07, 6.45) is 0.549. The van der Waals surface area contributed by atoms with E-state index in [0.717, 1.165) is 0 Å². The van der Waals surface area contributed by atoms with Gasteiger partial charge in [0.25, 0.3) is 0 Å². The third kappa shape index (κ3) is 3.20. The van der Waals surface area contributed by atoms with E-state index in [1.54, 1.807) is 6.92 Å². The average Bonchev–Trinajstić information content (AvgIpc) is 2.13. The molecule has 0 aliphatic carbocycles. The molecule has 1 unspecified atom stereocenters. The monoisotopic (exact) mass is 245 g/mol. The van der Waals surface area contributed by atoms with Crippen molar-refractivity contribution >= 4 is 15.5 Å². The van der Waals surface area contributed by atoms with Crippen molar-refractivity contribution in [1.82, 2.24) is 0 Å². The van der Waals surface area contributed by atoms with Crippen LogP contribution in [0.3, 0.4) is 0 Å². The number of halogens is 1. The molecule has 0 aliphatic heterocycles. The van der Waals surface area contributed by atoms with E-state index in [1.807, 2.05) is 6.92 Å². The van der Waals surface area contributed by atoms with E-state index in [0.29, 0.717) is 12.0 Å². The summed E-state index contributed by atoms with van der Waals surface area (Å²) in [7, 11) is -3.22. The van der Waals surface area contributed by atoms with Crippen LogP contribution in [-0.4, -0.2) is 13.7 Å². The van der Waals surface area contributed by atoms with Crippen LogP contribution in [0, 0.1) is 5.82 Å². The topological polar surface area (TPSA) is 60.2 Å². The van der Waals surface area contributed by atoms with Crippen LogP contribution in [0.25, 0.3) is 0 Å². The number of hydrogen-bond acceptors (Lipinski definition) is 3.